The van der Waals surface area contributed by atoms with Crippen LogP contribution in [0, 0.1) is 5.92 Å². The number of urea groups is 1. The molecule has 36 heavy (non-hydrogen) atoms. The Morgan fingerprint density at radius 3 is 2.25 bits per heavy atom. The van der Waals surface area contributed by atoms with E-state index in [0.717, 1.165) is 41.6 Å². The smallest absolute Gasteiger partial charge is 0.325 e. The molecule has 0 bridgehead atoms. The summed E-state index contributed by atoms with van der Waals surface area (Å²) in [5.74, 6) is -0.534. The number of carbonyl (C=O) groups is 4. The van der Waals surface area contributed by atoms with E-state index in [1.54, 1.807) is 11.8 Å². The van der Waals surface area contributed by atoms with Crippen molar-refractivity contribution in [3.63, 3.8) is 0 Å². The van der Waals surface area contributed by atoms with Gasteiger partial charge in [0.1, 0.15) is 12.1 Å². The number of hydrogen-bond acceptors (Lipinski definition) is 4. The summed E-state index contributed by atoms with van der Waals surface area (Å²) in [6.45, 7) is 3.99. The number of imide groups is 1. The summed E-state index contributed by atoms with van der Waals surface area (Å²) in [4.78, 5) is 56.8. The molecule has 1 N–H and O–H groups in total. The zero-order chi connectivity index (χ0) is 25.3. The highest BCUT2D eigenvalue weighted by atomic mass is 16.2. The van der Waals surface area contributed by atoms with Gasteiger partial charge in [0, 0.05) is 32.1 Å². The second-order valence-corrected chi connectivity index (χ2v) is 10.4. The van der Waals surface area contributed by atoms with Crippen molar-refractivity contribution >= 4 is 34.5 Å². The molecule has 0 aromatic heterocycles. The van der Waals surface area contributed by atoms with E-state index < -0.39 is 17.5 Å². The van der Waals surface area contributed by atoms with Crippen molar-refractivity contribution in [2.45, 2.75) is 51.0 Å². The normalized spacial score (nSPS) is 23.6. The summed E-state index contributed by atoms with van der Waals surface area (Å²) < 4.78 is 0. The monoisotopic (exact) mass is 490 g/mol. The molecular formula is C28H34N4O4. The van der Waals surface area contributed by atoms with Gasteiger partial charge in [0.15, 0.2) is 0 Å². The Morgan fingerprint density at radius 1 is 0.889 bits per heavy atom. The molecule has 2 aromatic carbocycles. The Bertz CT molecular complexity index is 1180. The Balaban J connectivity index is 1.20. The predicted octanol–water partition coefficient (Wildman–Crippen LogP) is 3.25. The number of piperidine rings is 1. The highest BCUT2D eigenvalue weighted by Gasteiger charge is 2.50. The van der Waals surface area contributed by atoms with Gasteiger partial charge >= 0.3 is 6.03 Å². The number of likely N-dealkylation sites (tertiary alicyclic amines) is 2. The van der Waals surface area contributed by atoms with Crippen LogP contribution in [0.25, 0.3) is 10.8 Å². The van der Waals surface area contributed by atoms with Gasteiger partial charge in [0.2, 0.25) is 11.8 Å². The fourth-order valence-electron chi connectivity index (χ4n) is 5.70. The number of amides is 5. The average molecular weight is 491 g/mol. The van der Waals surface area contributed by atoms with Gasteiger partial charge in [-0.2, -0.15) is 0 Å². The molecule has 8 nitrogen and oxygen atoms in total. The maximum Gasteiger partial charge on any atom is 0.325 e. The third-order valence-corrected chi connectivity index (χ3v) is 8.01. The van der Waals surface area contributed by atoms with Crippen LogP contribution in [0.15, 0.2) is 42.5 Å². The minimum absolute atomic E-state index is 0.0555. The van der Waals surface area contributed by atoms with Crippen molar-refractivity contribution in [1.82, 2.24) is 20.0 Å². The topological polar surface area (TPSA) is 90.0 Å². The lowest BCUT2D eigenvalue weighted by atomic mass is 9.90. The first-order valence-electron chi connectivity index (χ1n) is 13.1. The maximum atomic E-state index is 13.4. The van der Waals surface area contributed by atoms with E-state index in [1.165, 1.54) is 12.8 Å². The predicted molar refractivity (Wildman–Crippen MR) is 136 cm³/mol. The Labute approximate surface area is 211 Å². The van der Waals surface area contributed by atoms with Gasteiger partial charge in [0.25, 0.3) is 5.91 Å². The summed E-state index contributed by atoms with van der Waals surface area (Å²) in [6, 6.07) is 13.0. The molecule has 3 heterocycles. The lowest BCUT2D eigenvalue weighted by Gasteiger charge is -2.34. The first-order chi connectivity index (χ1) is 17.4. The van der Waals surface area contributed by atoms with Gasteiger partial charge in [-0.15, -0.1) is 0 Å². The van der Waals surface area contributed by atoms with Gasteiger partial charge in [-0.1, -0.05) is 49.2 Å². The van der Waals surface area contributed by atoms with Crippen LogP contribution < -0.4 is 5.32 Å². The molecule has 5 amide bonds. The molecule has 2 aromatic rings. The summed E-state index contributed by atoms with van der Waals surface area (Å²) in [5.41, 5.74) is -0.545. The van der Waals surface area contributed by atoms with Crippen LogP contribution >= 0.6 is 0 Å². The van der Waals surface area contributed by atoms with E-state index in [9.17, 15) is 19.2 Å². The molecule has 3 aliphatic rings. The summed E-state index contributed by atoms with van der Waals surface area (Å²) in [7, 11) is 0. The third-order valence-electron chi connectivity index (χ3n) is 8.01. The van der Waals surface area contributed by atoms with Crippen LogP contribution in [0.3, 0.4) is 0 Å². The highest BCUT2D eigenvalue weighted by Crippen LogP contribution is 2.31. The molecule has 0 spiro atoms. The van der Waals surface area contributed by atoms with Crippen LogP contribution in [0.4, 0.5) is 4.79 Å². The summed E-state index contributed by atoms with van der Waals surface area (Å²) in [5, 5.41) is 4.82. The van der Waals surface area contributed by atoms with Crippen molar-refractivity contribution in [1.29, 1.82) is 0 Å². The Hall–Kier alpha value is -3.42. The fraction of sp³-hybridized carbons (Fsp3) is 0.500. The van der Waals surface area contributed by atoms with Crippen molar-refractivity contribution in [2.75, 3.05) is 32.7 Å². The molecule has 3 fully saturated rings. The summed E-state index contributed by atoms with van der Waals surface area (Å²) in [6.07, 6.45) is 5.73. The molecule has 0 aliphatic carbocycles. The third kappa shape index (κ3) is 4.56. The minimum Gasteiger partial charge on any atom is -0.342 e. The number of nitrogens with zero attached hydrogens (tertiary/aromatic N) is 3. The zero-order valence-electron chi connectivity index (χ0n) is 20.9. The van der Waals surface area contributed by atoms with Crippen LogP contribution in [0.2, 0.25) is 0 Å². The highest BCUT2D eigenvalue weighted by molar-refractivity contribution is 6.09. The Morgan fingerprint density at radius 2 is 1.56 bits per heavy atom. The number of rotatable bonds is 4. The first kappa shape index (κ1) is 24.3. The lowest BCUT2D eigenvalue weighted by Crippen LogP contribution is -2.48. The molecule has 3 aliphatic heterocycles. The van der Waals surface area contributed by atoms with Gasteiger partial charge < -0.3 is 15.1 Å². The molecule has 1 atom stereocenters. The lowest BCUT2D eigenvalue weighted by molar-refractivity contribution is -0.142. The average Bonchev–Trinajstić information content (AvgIpc) is 3.09. The van der Waals surface area contributed by atoms with Crippen LogP contribution in [0.1, 0.15) is 51.0 Å². The quantitative estimate of drug-likeness (QED) is 0.667. The summed E-state index contributed by atoms with van der Waals surface area (Å²) >= 11 is 0. The van der Waals surface area contributed by atoms with Crippen LogP contribution in [0.5, 0.6) is 0 Å². The second kappa shape index (κ2) is 9.91. The molecule has 5 rings (SSSR count). The van der Waals surface area contributed by atoms with E-state index in [1.807, 2.05) is 47.4 Å². The fourth-order valence-corrected chi connectivity index (χ4v) is 5.70. The number of fused-ring (bicyclic) bond motifs is 1. The maximum absolute atomic E-state index is 13.4. The van der Waals surface area contributed by atoms with E-state index in [2.05, 4.69) is 5.32 Å². The number of nitrogens with one attached hydrogen (secondary N) is 1. The first-order valence-corrected chi connectivity index (χ1v) is 13.1. The van der Waals surface area contributed by atoms with Crippen LogP contribution in [-0.4, -0.2) is 71.2 Å². The van der Waals surface area contributed by atoms with E-state index in [0.29, 0.717) is 31.5 Å². The van der Waals surface area contributed by atoms with E-state index in [-0.39, 0.29) is 24.3 Å². The zero-order valence-corrected chi connectivity index (χ0v) is 20.9. The number of hydrogen-bond donors (Lipinski definition) is 1. The van der Waals surface area contributed by atoms with Gasteiger partial charge in [-0.05, 0) is 55.0 Å². The molecule has 0 radical (unpaired) electrons. The minimum atomic E-state index is -1.23. The van der Waals surface area contributed by atoms with Gasteiger partial charge in [-0.3, -0.25) is 19.3 Å². The van der Waals surface area contributed by atoms with Crippen molar-refractivity contribution < 1.29 is 19.2 Å². The van der Waals surface area contributed by atoms with Gasteiger partial charge in [0.05, 0.1) is 0 Å². The molecule has 190 valence electrons. The SMILES string of the molecule is C[C@]1(c2ccc3ccccc3c2)NC(=O)N(CC(=O)N2CCC(C(=O)N3CCCCCC3)CC2)C1=O. The molecular weight excluding hydrogens is 456 g/mol. The molecule has 0 saturated carbocycles. The standard InChI is InChI=1S/C28H34N4O4/c1-28(23-11-10-20-8-4-5-9-22(20)18-23)26(35)32(27(36)29-28)19-24(33)30-16-12-21(13-17-30)25(34)31-14-6-2-3-7-15-31/h4-5,8-11,18,21H,2-3,6-7,12-17,19H2,1H3,(H,29,36)/t28-/m1/s1. The Kier molecular flexibility index (Phi) is 6.69. The van der Waals surface area contributed by atoms with E-state index >= 15 is 0 Å². The largest absolute Gasteiger partial charge is 0.342 e. The molecule has 3 saturated heterocycles. The second-order valence-electron chi connectivity index (χ2n) is 10.4. The number of carbonyl (C=O) groups excluding carboxylic acids is 4. The van der Waals surface area contributed by atoms with E-state index in [4.69, 9.17) is 0 Å². The van der Waals surface area contributed by atoms with Gasteiger partial charge in [-0.25, -0.2) is 4.79 Å². The van der Waals surface area contributed by atoms with Crippen molar-refractivity contribution in [3.05, 3.63) is 48.0 Å². The van der Waals surface area contributed by atoms with Crippen LogP contribution in [-0.2, 0) is 19.9 Å². The molecule has 8 heteroatoms. The van der Waals surface area contributed by atoms with Crippen molar-refractivity contribution in [3.8, 4) is 0 Å². The number of benzene rings is 2. The molecule has 0 unspecified atom stereocenters. The van der Waals surface area contributed by atoms with Crippen molar-refractivity contribution in [2.24, 2.45) is 5.92 Å².